The third-order valence-electron chi connectivity index (χ3n) is 4.12. The van der Waals surface area contributed by atoms with Gasteiger partial charge in [0.25, 0.3) is 0 Å². The van der Waals surface area contributed by atoms with E-state index in [4.69, 9.17) is 12.6 Å². The van der Waals surface area contributed by atoms with E-state index in [0.29, 0.717) is 0 Å². The first kappa shape index (κ1) is 13.1. The van der Waals surface area contributed by atoms with Crippen molar-refractivity contribution in [1.82, 2.24) is 0 Å². The van der Waals surface area contributed by atoms with Gasteiger partial charge in [0.05, 0.1) is 0 Å². The Bertz CT molecular complexity index is 836. The van der Waals surface area contributed by atoms with Gasteiger partial charge in [-0.15, -0.1) is 25.3 Å². The first-order valence-electron chi connectivity index (χ1n) is 6.97. The number of fused-ring (bicyclic) bond motifs is 3. The molecule has 0 spiro atoms. The lowest BCUT2D eigenvalue weighted by Gasteiger charge is -2.14. The molecule has 0 saturated heterocycles. The normalized spacial score (nSPS) is 12.1. The maximum Gasteiger partial charge on any atom is 0.0256 e. The fourth-order valence-corrected chi connectivity index (χ4v) is 3.73. The Labute approximate surface area is 135 Å². The summed E-state index contributed by atoms with van der Waals surface area (Å²) in [7, 11) is 0. The summed E-state index contributed by atoms with van der Waals surface area (Å²) >= 11 is 9.36. The molecule has 0 atom stereocenters. The van der Waals surface area contributed by atoms with E-state index in [0.717, 1.165) is 16.2 Å². The van der Waals surface area contributed by atoms with Crippen LogP contribution in [0.15, 0.2) is 70.5 Å². The number of benzene rings is 3. The fraction of sp³-hybridized carbons (Fsp3) is 0.0526. The van der Waals surface area contributed by atoms with Gasteiger partial charge in [-0.05, 0) is 40.3 Å². The molecule has 0 fully saturated rings. The van der Waals surface area contributed by atoms with Gasteiger partial charge in [0.2, 0.25) is 0 Å². The summed E-state index contributed by atoms with van der Waals surface area (Å²) in [6, 6.07) is 21.2. The quantitative estimate of drug-likeness (QED) is 0.426. The van der Waals surface area contributed by atoms with Gasteiger partial charge in [-0.3, -0.25) is 0 Å². The van der Waals surface area contributed by atoms with Gasteiger partial charge in [0.15, 0.2) is 0 Å². The predicted molar refractivity (Wildman–Crippen MR) is 94.6 cm³/mol. The molecular formula is C19H14S2. The lowest BCUT2D eigenvalue weighted by molar-refractivity contribution is 1.19. The summed E-state index contributed by atoms with van der Waals surface area (Å²) in [5.41, 5.74) is 7.81. The van der Waals surface area contributed by atoms with Crippen LogP contribution in [0.4, 0.5) is 0 Å². The molecule has 0 N–H and O–H groups in total. The molecule has 4 rings (SSSR count). The van der Waals surface area contributed by atoms with Crippen molar-refractivity contribution in [2.24, 2.45) is 0 Å². The minimum Gasteiger partial charge on any atom is -0.142 e. The van der Waals surface area contributed by atoms with Gasteiger partial charge in [-0.1, -0.05) is 54.6 Å². The monoisotopic (exact) mass is 306 g/mol. The summed E-state index contributed by atoms with van der Waals surface area (Å²) < 4.78 is 0. The molecule has 1 aliphatic rings. The second-order valence-electron chi connectivity index (χ2n) is 5.35. The predicted octanol–water partition coefficient (Wildman–Crippen LogP) is 5.50. The molecule has 3 aromatic carbocycles. The van der Waals surface area contributed by atoms with Crippen LogP contribution in [0, 0.1) is 0 Å². The van der Waals surface area contributed by atoms with Crippen molar-refractivity contribution in [2.75, 3.05) is 0 Å². The standard InChI is InChI=1S/C19H14S2/c20-17-11-15-14-9-5-4-8-13(14)10-16(15)18(19(17)21)12-6-2-1-3-7-12/h1-9,11,20-21H,10H2. The zero-order valence-electron chi connectivity index (χ0n) is 11.4. The van der Waals surface area contributed by atoms with Crippen molar-refractivity contribution in [2.45, 2.75) is 16.2 Å². The largest absolute Gasteiger partial charge is 0.142 e. The Kier molecular flexibility index (Phi) is 3.09. The highest BCUT2D eigenvalue weighted by Gasteiger charge is 2.24. The Balaban J connectivity index is 2.04. The van der Waals surface area contributed by atoms with Crippen LogP contribution in [0.5, 0.6) is 0 Å². The Morgan fingerprint density at radius 3 is 2.29 bits per heavy atom. The molecule has 0 radical (unpaired) electrons. The lowest BCUT2D eigenvalue weighted by Crippen LogP contribution is -1.91. The van der Waals surface area contributed by atoms with Crippen molar-refractivity contribution in [3.8, 4) is 22.3 Å². The number of hydrogen-bond acceptors (Lipinski definition) is 2. The van der Waals surface area contributed by atoms with E-state index in [1.165, 1.54) is 33.4 Å². The summed E-state index contributed by atoms with van der Waals surface area (Å²) in [4.78, 5) is 1.91. The molecule has 0 aliphatic heterocycles. The molecule has 0 amide bonds. The Hall–Kier alpha value is -1.64. The maximum absolute atomic E-state index is 4.72. The van der Waals surface area contributed by atoms with E-state index in [2.05, 4.69) is 67.2 Å². The van der Waals surface area contributed by atoms with Crippen LogP contribution >= 0.6 is 25.3 Å². The molecule has 102 valence electrons. The number of thiol groups is 2. The molecule has 0 nitrogen and oxygen atoms in total. The van der Waals surface area contributed by atoms with E-state index < -0.39 is 0 Å². The third kappa shape index (κ3) is 2.02. The molecule has 2 heteroatoms. The fourth-order valence-electron chi connectivity index (χ4n) is 3.17. The van der Waals surface area contributed by atoms with Gasteiger partial charge < -0.3 is 0 Å². The van der Waals surface area contributed by atoms with Crippen LogP contribution in [0.3, 0.4) is 0 Å². The Morgan fingerprint density at radius 2 is 1.48 bits per heavy atom. The van der Waals surface area contributed by atoms with Crippen LogP contribution in [-0.4, -0.2) is 0 Å². The van der Waals surface area contributed by atoms with Gasteiger partial charge >= 0.3 is 0 Å². The summed E-state index contributed by atoms with van der Waals surface area (Å²) in [5.74, 6) is 0. The first-order chi connectivity index (χ1) is 10.3. The van der Waals surface area contributed by atoms with Crippen molar-refractivity contribution >= 4 is 25.3 Å². The molecule has 3 aromatic rings. The SMILES string of the molecule is Sc1cc2c(c(-c3ccccc3)c1S)Cc1ccccc1-2. The van der Waals surface area contributed by atoms with Crippen LogP contribution in [-0.2, 0) is 6.42 Å². The van der Waals surface area contributed by atoms with E-state index >= 15 is 0 Å². The van der Waals surface area contributed by atoms with Crippen LogP contribution in [0.2, 0.25) is 0 Å². The molecule has 0 unspecified atom stereocenters. The van der Waals surface area contributed by atoms with Crippen LogP contribution in [0.1, 0.15) is 11.1 Å². The molecule has 0 saturated carbocycles. The highest BCUT2D eigenvalue weighted by molar-refractivity contribution is 7.83. The average Bonchev–Trinajstić information content (AvgIpc) is 2.87. The van der Waals surface area contributed by atoms with Crippen molar-refractivity contribution < 1.29 is 0 Å². The van der Waals surface area contributed by atoms with Crippen molar-refractivity contribution in [1.29, 1.82) is 0 Å². The molecule has 21 heavy (non-hydrogen) atoms. The zero-order chi connectivity index (χ0) is 14.4. The summed E-state index contributed by atoms with van der Waals surface area (Å²) in [6.07, 6.45) is 0.970. The average molecular weight is 306 g/mol. The summed E-state index contributed by atoms with van der Waals surface area (Å²) in [5, 5.41) is 0. The minimum absolute atomic E-state index is 0.938. The second kappa shape index (κ2) is 4.97. The zero-order valence-corrected chi connectivity index (χ0v) is 13.2. The Morgan fingerprint density at radius 1 is 0.762 bits per heavy atom. The molecule has 1 aliphatic carbocycles. The van der Waals surface area contributed by atoms with Crippen molar-refractivity contribution in [3.05, 3.63) is 71.8 Å². The van der Waals surface area contributed by atoms with E-state index in [1.54, 1.807) is 0 Å². The van der Waals surface area contributed by atoms with E-state index in [-0.39, 0.29) is 0 Å². The lowest BCUT2D eigenvalue weighted by atomic mass is 9.95. The maximum atomic E-state index is 4.72. The molecular weight excluding hydrogens is 292 g/mol. The van der Waals surface area contributed by atoms with Gasteiger partial charge in [0.1, 0.15) is 0 Å². The minimum atomic E-state index is 0.938. The molecule has 0 heterocycles. The van der Waals surface area contributed by atoms with Crippen LogP contribution < -0.4 is 0 Å². The number of hydrogen-bond donors (Lipinski definition) is 2. The molecule has 0 bridgehead atoms. The third-order valence-corrected chi connectivity index (χ3v) is 5.12. The first-order valence-corrected chi connectivity index (χ1v) is 7.86. The van der Waals surface area contributed by atoms with Crippen molar-refractivity contribution in [3.63, 3.8) is 0 Å². The second-order valence-corrected chi connectivity index (χ2v) is 6.27. The van der Waals surface area contributed by atoms with Gasteiger partial charge in [-0.2, -0.15) is 0 Å². The van der Waals surface area contributed by atoms with Gasteiger partial charge in [0, 0.05) is 15.4 Å². The molecule has 0 aromatic heterocycles. The highest BCUT2D eigenvalue weighted by Crippen LogP contribution is 2.46. The smallest absolute Gasteiger partial charge is 0.0256 e. The summed E-state index contributed by atoms with van der Waals surface area (Å²) in [6.45, 7) is 0. The number of rotatable bonds is 1. The topological polar surface area (TPSA) is 0 Å². The van der Waals surface area contributed by atoms with E-state index in [1.807, 2.05) is 6.07 Å². The highest BCUT2D eigenvalue weighted by atomic mass is 32.1. The van der Waals surface area contributed by atoms with E-state index in [9.17, 15) is 0 Å². The van der Waals surface area contributed by atoms with Crippen LogP contribution in [0.25, 0.3) is 22.3 Å². The van der Waals surface area contributed by atoms with Gasteiger partial charge in [-0.25, -0.2) is 0 Å².